The molecule has 0 aliphatic carbocycles. The molecule has 0 radical (unpaired) electrons. The van der Waals surface area contributed by atoms with Crippen molar-refractivity contribution in [1.29, 1.82) is 0 Å². The lowest BCUT2D eigenvalue weighted by atomic mass is 9.74. The van der Waals surface area contributed by atoms with Crippen molar-refractivity contribution in [3.05, 3.63) is 71.8 Å². The van der Waals surface area contributed by atoms with E-state index in [1.807, 2.05) is 18.2 Å². The third-order valence-electron chi connectivity index (χ3n) is 6.45. The van der Waals surface area contributed by atoms with Gasteiger partial charge in [-0.2, -0.15) is 0 Å². The molecule has 0 saturated carbocycles. The molecule has 2 aromatic carbocycles. The first-order valence-corrected chi connectivity index (χ1v) is 10.6. The first kappa shape index (κ1) is 21.0. The number of benzene rings is 2. The van der Waals surface area contributed by atoms with E-state index >= 15 is 0 Å². The molecule has 1 N–H and O–H groups in total. The normalized spacial score (nSPS) is 21.4. The average molecular weight is 419 g/mol. The quantitative estimate of drug-likeness (QED) is 0.697. The highest BCUT2D eigenvalue weighted by Gasteiger charge is 2.57. The van der Waals surface area contributed by atoms with Crippen molar-refractivity contribution in [2.75, 3.05) is 25.2 Å². The molecule has 0 spiro atoms. The molecule has 162 valence electrons. The number of aryl methyl sites for hydroxylation is 1. The predicted octanol–water partition coefficient (Wildman–Crippen LogP) is 4.60. The van der Waals surface area contributed by atoms with Crippen molar-refractivity contribution in [3.8, 4) is 11.5 Å². The minimum Gasteiger partial charge on any atom is -0.493 e. The van der Waals surface area contributed by atoms with Gasteiger partial charge in [0.2, 0.25) is 5.91 Å². The summed E-state index contributed by atoms with van der Waals surface area (Å²) in [5, 5.41) is 3.32. The van der Waals surface area contributed by atoms with Crippen molar-refractivity contribution < 1.29 is 14.3 Å². The lowest BCUT2D eigenvalue weighted by molar-refractivity contribution is -0.124. The van der Waals surface area contributed by atoms with Gasteiger partial charge in [-0.15, -0.1) is 0 Å². The smallest absolute Gasteiger partial charge is 0.223 e. The second-order valence-corrected chi connectivity index (χ2v) is 8.71. The van der Waals surface area contributed by atoms with Crippen LogP contribution in [0.5, 0.6) is 11.5 Å². The minimum atomic E-state index is -0.635. The molecule has 4 rings (SSSR count). The maximum Gasteiger partial charge on any atom is 0.223 e. The van der Waals surface area contributed by atoms with Crippen LogP contribution in [0.25, 0.3) is 6.08 Å². The summed E-state index contributed by atoms with van der Waals surface area (Å²) in [6.07, 6.45) is 6.37. The highest BCUT2D eigenvalue weighted by Crippen LogP contribution is 2.52. The Kier molecular flexibility index (Phi) is 5.29. The Morgan fingerprint density at radius 3 is 2.74 bits per heavy atom. The number of rotatable bonds is 6. The van der Waals surface area contributed by atoms with Crippen LogP contribution in [0.3, 0.4) is 0 Å². The maximum absolute atomic E-state index is 12.6. The molecular formula is C26H30N2O3. The zero-order chi connectivity index (χ0) is 22.2. The minimum absolute atomic E-state index is 0.0734. The van der Waals surface area contributed by atoms with Gasteiger partial charge in [-0.3, -0.25) is 4.79 Å². The van der Waals surface area contributed by atoms with Crippen molar-refractivity contribution in [2.24, 2.45) is 0 Å². The topological polar surface area (TPSA) is 50.8 Å². The number of amides is 1. The molecule has 2 aliphatic heterocycles. The van der Waals surface area contributed by atoms with E-state index in [0.29, 0.717) is 31.1 Å². The van der Waals surface area contributed by atoms with E-state index in [2.05, 4.69) is 67.9 Å². The summed E-state index contributed by atoms with van der Waals surface area (Å²) in [4.78, 5) is 14.9. The lowest BCUT2D eigenvalue weighted by Gasteiger charge is -2.49. The third-order valence-corrected chi connectivity index (χ3v) is 6.45. The number of anilines is 1. The number of carbonyl (C=O) groups excluding carboxylic acids is 1. The first-order valence-electron chi connectivity index (χ1n) is 10.6. The molecule has 0 aromatic heterocycles. The van der Waals surface area contributed by atoms with Crippen LogP contribution in [0.4, 0.5) is 5.69 Å². The molecule has 0 bridgehead atoms. The summed E-state index contributed by atoms with van der Waals surface area (Å²) in [5.41, 5.74) is 3.69. The molecule has 1 amide bonds. The Balaban J connectivity index is 1.75. The molecule has 31 heavy (non-hydrogen) atoms. The number of ether oxygens (including phenoxy) is 2. The van der Waals surface area contributed by atoms with Gasteiger partial charge in [0, 0.05) is 24.1 Å². The molecule has 1 saturated heterocycles. The van der Waals surface area contributed by atoms with Gasteiger partial charge in [-0.05, 0) is 42.3 Å². The standard InChI is InChI=1S/C26H30N2O3/c1-6-15-31-22-10-8-19(17-23(22)30-5)11-13-26-25(3,4)20-16-18(2)7-9-21(20)28(26)14-12-24(29)27-26/h6-11,13,16-17H,1,12,14-15H2,2-5H3,(H,27,29)/t26-/m1/s1. The molecule has 0 unspecified atom stereocenters. The SMILES string of the molecule is C=CCOc1ccc(C=C[C@@]23NC(=O)CCN2c2ccc(C)cc2C3(C)C)cc1OC. The second kappa shape index (κ2) is 7.80. The summed E-state index contributed by atoms with van der Waals surface area (Å²) in [5.74, 6) is 1.41. The summed E-state index contributed by atoms with van der Waals surface area (Å²) < 4.78 is 11.2. The van der Waals surface area contributed by atoms with Crippen molar-refractivity contribution in [3.63, 3.8) is 0 Å². The van der Waals surface area contributed by atoms with E-state index in [-0.39, 0.29) is 11.3 Å². The molecule has 2 heterocycles. The highest BCUT2D eigenvalue weighted by molar-refractivity contribution is 5.84. The van der Waals surface area contributed by atoms with Crippen LogP contribution in [0, 0.1) is 6.92 Å². The highest BCUT2D eigenvalue weighted by atomic mass is 16.5. The molecule has 5 nitrogen and oxygen atoms in total. The number of fused-ring (bicyclic) bond motifs is 3. The number of methoxy groups -OCH3 is 1. The fourth-order valence-corrected chi connectivity index (χ4v) is 4.74. The second-order valence-electron chi connectivity index (χ2n) is 8.71. The summed E-state index contributed by atoms with van der Waals surface area (Å²) in [6, 6.07) is 12.4. The van der Waals surface area contributed by atoms with Crippen LogP contribution in [-0.4, -0.2) is 31.8 Å². The van der Waals surface area contributed by atoms with E-state index in [1.165, 1.54) is 16.8 Å². The number of carbonyl (C=O) groups is 1. The van der Waals surface area contributed by atoms with Crippen LogP contribution in [0.2, 0.25) is 0 Å². The van der Waals surface area contributed by atoms with Gasteiger partial charge in [-0.25, -0.2) is 0 Å². The van der Waals surface area contributed by atoms with E-state index in [1.54, 1.807) is 13.2 Å². The van der Waals surface area contributed by atoms with Crippen LogP contribution in [0.1, 0.15) is 37.0 Å². The largest absolute Gasteiger partial charge is 0.493 e. The number of hydrogen-bond donors (Lipinski definition) is 1. The Morgan fingerprint density at radius 2 is 2.00 bits per heavy atom. The Morgan fingerprint density at radius 1 is 1.19 bits per heavy atom. The van der Waals surface area contributed by atoms with Gasteiger partial charge in [0.05, 0.1) is 7.11 Å². The fourth-order valence-electron chi connectivity index (χ4n) is 4.74. The molecule has 5 heteroatoms. The van der Waals surface area contributed by atoms with Gasteiger partial charge < -0.3 is 19.7 Å². The molecule has 2 aromatic rings. The number of nitrogens with zero attached hydrogens (tertiary/aromatic N) is 1. The van der Waals surface area contributed by atoms with E-state index < -0.39 is 5.66 Å². The van der Waals surface area contributed by atoms with Crippen molar-refractivity contribution >= 4 is 17.7 Å². The van der Waals surface area contributed by atoms with Crippen LogP contribution < -0.4 is 19.7 Å². The third kappa shape index (κ3) is 3.38. The average Bonchev–Trinajstić information content (AvgIpc) is 2.94. The Hall–Kier alpha value is -3.21. The van der Waals surface area contributed by atoms with Crippen LogP contribution in [0.15, 0.2) is 55.1 Å². The fraction of sp³-hybridized carbons (Fsp3) is 0.346. The van der Waals surface area contributed by atoms with Gasteiger partial charge >= 0.3 is 0 Å². The Labute approximate surface area is 184 Å². The van der Waals surface area contributed by atoms with Crippen LogP contribution in [-0.2, 0) is 10.2 Å². The molecule has 1 atom stereocenters. The van der Waals surface area contributed by atoms with Gasteiger partial charge in [-0.1, -0.05) is 56.3 Å². The van der Waals surface area contributed by atoms with E-state index in [0.717, 1.165) is 5.56 Å². The van der Waals surface area contributed by atoms with E-state index in [9.17, 15) is 4.79 Å². The molecule has 1 fully saturated rings. The van der Waals surface area contributed by atoms with Crippen molar-refractivity contribution in [2.45, 2.75) is 38.3 Å². The van der Waals surface area contributed by atoms with Gasteiger partial charge in [0.15, 0.2) is 11.5 Å². The number of nitrogens with one attached hydrogen (secondary N) is 1. The monoisotopic (exact) mass is 418 g/mol. The number of hydrogen-bond acceptors (Lipinski definition) is 4. The zero-order valence-electron chi connectivity index (χ0n) is 18.7. The maximum atomic E-state index is 12.6. The predicted molar refractivity (Wildman–Crippen MR) is 125 cm³/mol. The van der Waals surface area contributed by atoms with Crippen molar-refractivity contribution in [1.82, 2.24) is 5.32 Å². The summed E-state index contributed by atoms with van der Waals surface area (Å²) >= 11 is 0. The van der Waals surface area contributed by atoms with E-state index in [4.69, 9.17) is 9.47 Å². The first-order chi connectivity index (χ1) is 14.8. The molecular weight excluding hydrogens is 388 g/mol. The van der Waals surface area contributed by atoms with Gasteiger partial charge in [0.25, 0.3) is 0 Å². The van der Waals surface area contributed by atoms with Crippen LogP contribution >= 0.6 is 0 Å². The summed E-state index contributed by atoms with van der Waals surface area (Å²) in [6.45, 7) is 11.3. The zero-order valence-corrected chi connectivity index (χ0v) is 18.7. The van der Waals surface area contributed by atoms with Gasteiger partial charge in [0.1, 0.15) is 12.3 Å². The molecule has 2 aliphatic rings. The summed E-state index contributed by atoms with van der Waals surface area (Å²) in [7, 11) is 1.63. The Bertz CT molecular complexity index is 1060. The lowest BCUT2D eigenvalue weighted by Crippen LogP contribution is -2.68.